The third-order valence-corrected chi connectivity index (χ3v) is 5.48. The highest BCUT2D eigenvalue weighted by Crippen LogP contribution is 2.35. The van der Waals surface area contributed by atoms with E-state index < -0.39 is 0 Å². The highest BCUT2D eigenvalue weighted by atomic mass is 32.1. The van der Waals surface area contributed by atoms with Gasteiger partial charge in [0.1, 0.15) is 0 Å². The molecular formula is C14H18N2S2. The maximum absolute atomic E-state index is 4.91. The Hall–Kier alpha value is -0.710. The van der Waals surface area contributed by atoms with Crippen LogP contribution >= 0.6 is 22.7 Å². The fourth-order valence-corrected chi connectivity index (χ4v) is 4.66. The first-order valence-electron chi connectivity index (χ1n) is 6.52. The molecule has 96 valence electrons. The zero-order valence-corrected chi connectivity index (χ0v) is 12.2. The first-order chi connectivity index (χ1) is 8.86. The number of likely N-dealkylation sites (N-methyl/N-ethyl adjacent to an activating group) is 1. The maximum Gasteiger partial charge on any atom is 0.0983 e. The van der Waals surface area contributed by atoms with Crippen LogP contribution in [0.15, 0.2) is 17.5 Å². The van der Waals surface area contributed by atoms with Crippen LogP contribution in [0.3, 0.4) is 0 Å². The second-order valence-corrected chi connectivity index (χ2v) is 7.02. The van der Waals surface area contributed by atoms with E-state index in [0.29, 0.717) is 5.92 Å². The molecule has 2 heterocycles. The zero-order valence-electron chi connectivity index (χ0n) is 10.6. The first-order valence-corrected chi connectivity index (χ1v) is 8.22. The number of hydrogen-bond acceptors (Lipinski definition) is 4. The summed E-state index contributed by atoms with van der Waals surface area (Å²) in [6, 6.07) is 4.33. The molecular weight excluding hydrogens is 260 g/mol. The molecule has 0 saturated heterocycles. The molecule has 0 aliphatic heterocycles. The average Bonchev–Trinajstić information content (AvgIpc) is 2.99. The number of rotatable bonds is 4. The number of thiophene rings is 1. The minimum atomic E-state index is 0.632. The maximum atomic E-state index is 4.91. The van der Waals surface area contributed by atoms with Crippen molar-refractivity contribution in [1.82, 2.24) is 10.3 Å². The summed E-state index contributed by atoms with van der Waals surface area (Å²) in [5, 5.41) is 6.74. The second-order valence-electron chi connectivity index (χ2n) is 4.82. The Labute approximate surface area is 116 Å². The molecule has 3 rings (SSSR count). The van der Waals surface area contributed by atoms with E-state index in [2.05, 4.69) is 22.8 Å². The van der Waals surface area contributed by atoms with Crippen LogP contribution < -0.4 is 5.32 Å². The van der Waals surface area contributed by atoms with Crippen molar-refractivity contribution in [3.63, 3.8) is 0 Å². The summed E-state index contributed by atoms with van der Waals surface area (Å²) < 4.78 is 0. The van der Waals surface area contributed by atoms with Crippen molar-refractivity contribution in [3.8, 4) is 0 Å². The quantitative estimate of drug-likeness (QED) is 0.927. The lowest BCUT2D eigenvalue weighted by Gasteiger charge is -2.20. The lowest BCUT2D eigenvalue weighted by Crippen LogP contribution is -2.21. The van der Waals surface area contributed by atoms with Gasteiger partial charge in [-0.1, -0.05) is 6.07 Å². The fraction of sp³-hybridized carbons (Fsp3) is 0.500. The number of thiazole rings is 1. The monoisotopic (exact) mass is 278 g/mol. The molecule has 4 heteroatoms. The van der Waals surface area contributed by atoms with Gasteiger partial charge in [-0.2, -0.15) is 0 Å². The van der Waals surface area contributed by atoms with E-state index in [9.17, 15) is 0 Å². The van der Waals surface area contributed by atoms with Crippen molar-refractivity contribution in [2.45, 2.75) is 31.6 Å². The van der Waals surface area contributed by atoms with E-state index in [1.54, 1.807) is 0 Å². The van der Waals surface area contributed by atoms with Crippen LogP contribution in [0.5, 0.6) is 0 Å². The molecule has 1 atom stereocenters. The van der Waals surface area contributed by atoms with Gasteiger partial charge >= 0.3 is 0 Å². The third kappa shape index (κ3) is 2.51. The van der Waals surface area contributed by atoms with E-state index in [-0.39, 0.29) is 0 Å². The van der Waals surface area contributed by atoms with Gasteiger partial charge in [-0.15, -0.1) is 22.7 Å². The number of aryl methyl sites for hydroxylation is 1. The normalized spacial score (nSPS) is 18.8. The van der Waals surface area contributed by atoms with Crippen LogP contribution in [0, 0.1) is 0 Å². The van der Waals surface area contributed by atoms with Gasteiger partial charge in [-0.25, -0.2) is 4.98 Å². The molecule has 2 aromatic rings. The molecule has 0 amide bonds. The third-order valence-electron chi connectivity index (χ3n) is 3.47. The van der Waals surface area contributed by atoms with Gasteiger partial charge < -0.3 is 5.32 Å². The molecule has 0 radical (unpaired) electrons. The smallest absolute Gasteiger partial charge is 0.0983 e. The number of nitrogens with one attached hydrogen (secondary N) is 1. The summed E-state index contributed by atoms with van der Waals surface area (Å²) in [5.74, 6) is 0.632. The lowest BCUT2D eigenvalue weighted by molar-refractivity contribution is 0.522. The van der Waals surface area contributed by atoms with Crippen molar-refractivity contribution in [2.24, 2.45) is 0 Å². The van der Waals surface area contributed by atoms with Crippen LogP contribution in [-0.4, -0.2) is 18.6 Å². The molecule has 1 aliphatic carbocycles. The van der Waals surface area contributed by atoms with E-state index in [0.717, 1.165) is 13.0 Å². The van der Waals surface area contributed by atoms with Crippen molar-refractivity contribution in [3.05, 3.63) is 38.0 Å². The number of aromatic nitrogens is 1. The SMILES string of the molecule is CNCC1CCCc2sc(Cc3cccs3)nc21. The molecule has 2 nitrogen and oxygen atoms in total. The molecule has 1 aliphatic rings. The predicted molar refractivity (Wildman–Crippen MR) is 78.8 cm³/mol. The van der Waals surface area contributed by atoms with Crippen LogP contribution in [0.25, 0.3) is 0 Å². The van der Waals surface area contributed by atoms with Gasteiger partial charge in [0.05, 0.1) is 10.7 Å². The molecule has 18 heavy (non-hydrogen) atoms. The standard InChI is InChI=1S/C14H18N2S2/c1-15-9-10-4-2-6-12-14(10)16-13(18-12)8-11-5-3-7-17-11/h3,5,7,10,15H,2,4,6,8-9H2,1H3. The Morgan fingerprint density at radius 3 is 3.22 bits per heavy atom. The molecule has 1 N–H and O–H groups in total. The largest absolute Gasteiger partial charge is 0.319 e. The topological polar surface area (TPSA) is 24.9 Å². The van der Waals surface area contributed by atoms with E-state index in [1.165, 1.54) is 39.7 Å². The number of fused-ring (bicyclic) bond motifs is 1. The van der Waals surface area contributed by atoms with Crippen LogP contribution in [0.1, 0.15) is 39.2 Å². The van der Waals surface area contributed by atoms with E-state index in [4.69, 9.17) is 4.98 Å². The van der Waals surface area contributed by atoms with Gasteiger partial charge in [0, 0.05) is 28.6 Å². The van der Waals surface area contributed by atoms with Gasteiger partial charge in [-0.05, 0) is 37.8 Å². The van der Waals surface area contributed by atoms with Crippen molar-refractivity contribution >= 4 is 22.7 Å². The van der Waals surface area contributed by atoms with Crippen LogP contribution in [0.4, 0.5) is 0 Å². The summed E-state index contributed by atoms with van der Waals surface area (Å²) in [6.07, 6.45) is 4.86. The Bertz CT molecular complexity index is 502. The summed E-state index contributed by atoms with van der Waals surface area (Å²) in [7, 11) is 2.03. The van der Waals surface area contributed by atoms with Gasteiger partial charge in [0.2, 0.25) is 0 Å². The van der Waals surface area contributed by atoms with Crippen LogP contribution in [0.2, 0.25) is 0 Å². The Morgan fingerprint density at radius 2 is 2.44 bits per heavy atom. The summed E-state index contributed by atoms with van der Waals surface area (Å²) in [6.45, 7) is 1.06. The molecule has 1 unspecified atom stereocenters. The number of nitrogens with zero attached hydrogens (tertiary/aromatic N) is 1. The first kappa shape index (κ1) is 12.3. The minimum Gasteiger partial charge on any atom is -0.319 e. The molecule has 0 saturated carbocycles. The second kappa shape index (κ2) is 5.51. The molecule has 0 bridgehead atoms. The van der Waals surface area contributed by atoms with Gasteiger partial charge in [-0.3, -0.25) is 0 Å². The van der Waals surface area contributed by atoms with Crippen molar-refractivity contribution in [2.75, 3.05) is 13.6 Å². The Balaban J connectivity index is 1.82. The molecule has 0 fully saturated rings. The average molecular weight is 278 g/mol. The van der Waals surface area contributed by atoms with Crippen LogP contribution in [-0.2, 0) is 12.8 Å². The highest BCUT2D eigenvalue weighted by Gasteiger charge is 2.24. The fourth-order valence-electron chi connectivity index (χ4n) is 2.64. The summed E-state index contributed by atoms with van der Waals surface area (Å²) >= 11 is 3.76. The molecule has 2 aromatic heterocycles. The van der Waals surface area contributed by atoms with Crippen molar-refractivity contribution in [1.29, 1.82) is 0 Å². The van der Waals surface area contributed by atoms with E-state index in [1.807, 2.05) is 29.7 Å². The Morgan fingerprint density at radius 1 is 1.50 bits per heavy atom. The lowest BCUT2D eigenvalue weighted by atomic mass is 9.91. The highest BCUT2D eigenvalue weighted by molar-refractivity contribution is 7.12. The summed E-state index contributed by atoms with van der Waals surface area (Å²) in [4.78, 5) is 7.87. The number of hydrogen-bond donors (Lipinski definition) is 1. The van der Waals surface area contributed by atoms with E-state index >= 15 is 0 Å². The summed E-state index contributed by atoms with van der Waals surface area (Å²) in [5.41, 5.74) is 1.38. The predicted octanol–water partition coefficient (Wildman–Crippen LogP) is 3.43. The van der Waals surface area contributed by atoms with Gasteiger partial charge in [0.15, 0.2) is 0 Å². The zero-order chi connectivity index (χ0) is 12.4. The molecule has 0 spiro atoms. The Kier molecular flexibility index (Phi) is 3.77. The van der Waals surface area contributed by atoms with Gasteiger partial charge in [0.25, 0.3) is 0 Å². The minimum absolute atomic E-state index is 0.632. The van der Waals surface area contributed by atoms with Crippen molar-refractivity contribution < 1.29 is 0 Å². The molecule has 0 aromatic carbocycles.